The standard InChI is InChI=1S/C11H11FN2O/c1-3-5-14(4-2)11(15)9-6-10(12)8-13-7-9/h1,6-8H,4-5H2,2H3. The molecule has 1 amide bonds. The summed E-state index contributed by atoms with van der Waals surface area (Å²) >= 11 is 0. The molecule has 1 aromatic heterocycles. The zero-order valence-corrected chi connectivity index (χ0v) is 8.40. The van der Waals surface area contributed by atoms with E-state index in [1.165, 1.54) is 11.1 Å². The number of terminal acetylenes is 1. The topological polar surface area (TPSA) is 33.2 Å². The van der Waals surface area contributed by atoms with Crippen molar-refractivity contribution in [3.63, 3.8) is 0 Å². The van der Waals surface area contributed by atoms with Gasteiger partial charge in [-0.15, -0.1) is 6.42 Å². The summed E-state index contributed by atoms with van der Waals surface area (Å²) in [4.78, 5) is 16.8. The predicted octanol–water partition coefficient (Wildman–Crippen LogP) is 1.32. The van der Waals surface area contributed by atoms with E-state index in [2.05, 4.69) is 10.9 Å². The zero-order chi connectivity index (χ0) is 11.3. The molecule has 0 bridgehead atoms. The van der Waals surface area contributed by atoms with Crippen molar-refractivity contribution >= 4 is 5.91 Å². The molecule has 0 saturated heterocycles. The van der Waals surface area contributed by atoms with Gasteiger partial charge in [0.25, 0.3) is 5.91 Å². The van der Waals surface area contributed by atoms with Gasteiger partial charge in [0.05, 0.1) is 18.3 Å². The average molecular weight is 206 g/mol. The SMILES string of the molecule is C#CCN(CC)C(=O)c1cncc(F)c1. The lowest BCUT2D eigenvalue weighted by Crippen LogP contribution is -2.31. The van der Waals surface area contributed by atoms with Crippen LogP contribution in [0.5, 0.6) is 0 Å². The number of rotatable bonds is 3. The molecule has 0 fully saturated rings. The number of halogens is 1. The number of hydrogen-bond donors (Lipinski definition) is 0. The van der Waals surface area contributed by atoms with E-state index in [9.17, 15) is 9.18 Å². The summed E-state index contributed by atoms with van der Waals surface area (Å²) in [6.07, 6.45) is 7.49. The van der Waals surface area contributed by atoms with Gasteiger partial charge in [0.1, 0.15) is 5.82 Å². The number of carbonyl (C=O) groups is 1. The Balaban J connectivity index is 2.88. The number of amides is 1. The summed E-state index contributed by atoms with van der Waals surface area (Å²) in [5, 5.41) is 0. The summed E-state index contributed by atoms with van der Waals surface area (Å²) in [6, 6.07) is 1.15. The van der Waals surface area contributed by atoms with Gasteiger partial charge < -0.3 is 4.90 Å². The lowest BCUT2D eigenvalue weighted by molar-refractivity contribution is 0.0784. The van der Waals surface area contributed by atoms with Gasteiger partial charge in [-0.1, -0.05) is 5.92 Å². The van der Waals surface area contributed by atoms with Gasteiger partial charge in [0.2, 0.25) is 0 Å². The van der Waals surface area contributed by atoms with E-state index < -0.39 is 5.82 Å². The van der Waals surface area contributed by atoms with Crippen molar-refractivity contribution in [2.45, 2.75) is 6.92 Å². The Morgan fingerprint density at radius 1 is 1.67 bits per heavy atom. The fourth-order valence-corrected chi connectivity index (χ4v) is 1.15. The molecule has 0 atom stereocenters. The first-order chi connectivity index (χ1) is 7.19. The van der Waals surface area contributed by atoms with Crippen LogP contribution >= 0.6 is 0 Å². The maximum atomic E-state index is 12.8. The highest BCUT2D eigenvalue weighted by Gasteiger charge is 2.13. The second kappa shape index (κ2) is 5.11. The normalized spacial score (nSPS) is 9.40. The van der Waals surface area contributed by atoms with E-state index in [1.54, 1.807) is 0 Å². The molecule has 0 aliphatic rings. The molecule has 78 valence electrons. The molecule has 1 rings (SSSR count). The van der Waals surface area contributed by atoms with E-state index in [-0.39, 0.29) is 18.0 Å². The molecule has 1 heterocycles. The Labute approximate surface area is 87.9 Å². The number of pyridine rings is 1. The highest BCUT2D eigenvalue weighted by Crippen LogP contribution is 2.05. The molecule has 1 aromatic rings. The summed E-state index contributed by atoms with van der Waals surface area (Å²) in [7, 11) is 0. The number of aromatic nitrogens is 1. The lowest BCUT2D eigenvalue weighted by atomic mass is 10.2. The first-order valence-electron chi connectivity index (χ1n) is 4.52. The zero-order valence-electron chi connectivity index (χ0n) is 8.40. The fourth-order valence-electron chi connectivity index (χ4n) is 1.15. The second-order valence-electron chi connectivity index (χ2n) is 2.92. The monoisotopic (exact) mass is 206 g/mol. The van der Waals surface area contributed by atoms with Crippen LogP contribution in [0, 0.1) is 18.2 Å². The molecule has 0 aromatic carbocycles. The average Bonchev–Trinajstić information content (AvgIpc) is 2.25. The first kappa shape index (κ1) is 11.2. The molecule has 0 aliphatic heterocycles. The van der Waals surface area contributed by atoms with Crippen molar-refractivity contribution in [3.05, 3.63) is 29.8 Å². The Morgan fingerprint density at radius 3 is 2.93 bits per heavy atom. The van der Waals surface area contributed by atoms with Crippen molar-refractivity contribution in [1.82, 2.24) is 9.88 Å². The molecule has 0 spiro atoms. The highest BCUT2D eigenvalue weighted by atomic mass is 19.1. The Morgan fingerprint density at radius 2 is 2.40 bits per heavy atom. The van der Waals surface area contributed by atoms with Gasteiger partial charge >= 0.3 is 0 Å². The van der Waals surface area contributed by atoms with Crippen molar-refractivity contribution in [2.24, 2.45) is 0 Å². The third kappa shape index (κ3) is 2.78. The van der Waals surface area contributed by atoms with Crippen molar-refractivity contribution in [2.75, 3.05) is 13.1 Å². The van der Waals surface area contributed by atoms with Gasteiger partial charge in [-0.2, -0.15) is 0 Å². The van der Waals surface area contributed by atoms with E-state index >= 15 is 0 Å². The lowest BCUT2D eigenvalue weighted by Gasteiger charge is -2.17. The molecule has 4 heteroatoms. The molecule has 0 unspecified atom stereocenters. The fraction of sp³-hybridized carbons (Fsp3) is 0.273. The van der Waals surface area contributed by atoms with Crippen LogP contribution in [0.3, 0.4) is 0 Å². The van der Waals surface area contributed by atoms with Crippen LogP contribution in [0.1, 0.15) is 17.3 Å². The van der Waals surface area contributed by atoms with Crippen LogP contribution < -0.4 is 0 Å². The van der Waals surface area contributed by atoms with E-state index in [4.69, 9.17) is 6.42 Å². The van der Waals surface area contributed by atoms with Gasteiger partial charge in [0.15, 0.2) is 0 Å². The molecular weight excluding hydrogens is 195 g/mol. The molecule has 0 aliphatic carbocycles. The Hall–Kier alpha value is -1.89. The maximum Gasteiger partial charge on any atom is 0.256 e. The Kier molecular flexibility index (Phi) is 3.81. The van der Waals surface area contributed by atoms with Crippen LogP contribution in [0.25, 0.3) is 0 Å². The molecule has 0 N–H and O–H groups in total. The van der Waals surface area contributed by atoms with E-state index in [0.717, 1.165) is 12.3 Å². The second-order valence-corrected chi connectivity index (χ2v) is 2.92. The van der Waals surface area contributed by atoms with Crippen LogP contribution in [0.2, 0.25) is 0 Å². The third-order valence-corrected chi connectivity index (χ3v) is 1.90. The number of hydrogen-bond acceptors (Lipinski definition) is 2. The highest BCUT2D eigenvalue weighted by molar-refractivity contribution is 5.94. The van der Waals surface area contributed by atoms with E-state index in [1.807, 2.05) is 6.92 Å². The van der Waals surface area contributed by atoms with Crippen molar-refractivity contribution in [3.8, 4) is 12.3 Å². The number of carbonyl (C=O) groups excluding carboxylic acids is 1. The van der Waals surface area contributed by atoms with Crippen LogP contribution in [-0.2, 0) is 0 Å². The van der Waals surface area contributed by atoms with Gasteiger partial charge in [-0.25, -0.2) is 4.39 Å². The largest absolute Gasteiger partial charge is 0.328 e. The first-order valence-corrected chi connectivity index (χ1v) is 4.52. The van der Waals surface area contributed by atoms with E-state index in [0.29, 0.717) is 6.54 Å². The molecule has 15 heavy (non-hydrogen) atoms. The maximum absolute atomic E-state index is 12.8. The molecule has 0 radical (unpaired) electrons. The predicted molar refractivity (Wildman–Crippen MR) is 54.6 cm³/mol. The smallest absolute Gasteiger partial charge is 0.256 e. The summed E-state index contributed by atoms with van der Waals surface area (Å²) in [5.41, 5.74) is 0.215. The minimum atomic E-state index is -0.530. The van der Waals surface area contributed by atoms with Gasteiger partial charge in [-0.3, -0.25) is 9.78 Å². The molecule has 0 saturated carbocycles. The summed E-state index contributed by atoms with van der Waals surface area (Å²) in [5.74, 6) is 1.54. The van der Waals surface area contributed by atoms with Crippen LogP contribution in [0.4, 0.5) is 4.39 Å². The summed E-state index contributed by atoms with van der Waals surface area (Å²) in [6.45, 7) is 2.51. The summed E-state index contributed by atoms with van der Waals surface area (Å²) < 4.78 is 12.8. The third-order valence-electron chi connectivity index (χ3n) is 1.90. The number of nitrogens with zero attached hydrogens (tertiary/aromatic N) is 2. The van der Waals surface area contributed by atoms with Crippen LogP contribution in [-0.4, -0.2) is 28.9 Å². The van der Waals surface area contributed by atoms with Crippen molar-refractivity contribution < 1.29 is 9.18 Å². The Bertz CT molecular complexity index is 398. The minimum absolute atomic E-state index is 0.214. The van der Waals surface area contributed by atoms with Gasteiger partial charge in [0, 0.05) is 12.7 Å². The van der Waals surface area contributed by atoms with Crippen molar-refractivity contribution in [1.29, 1.82) is 0 Å². The van der Waals surface area contributed by atoms with Gasteiger partial charge in [-0.05, 0) is 13.0 Å². The van der Waals surface area contributed by atoms with Crippen LogP contribution in [0.15, 0.2) is 18.5 Å². The minimum Gasteiger partial charge on any atom is -0.328 e. The molecule has 3 nitrogen and oxygen atoms in total. The molecular formula is C11H11FN2O. The quantitative estimate of drug-likeness (QED) is 0.699.